The molecule has 0 saturated carbocycles. The molecule has 0 radical (unpaired) electrons. The Morgan fingerprint density at radius 2 is 2.00 bits per heavy atom. The quantitative estimate of drug-likeness (QED) is 0.712. The van der Waals surface area contributed by atoms with Gasteiger partial charge in [0.15, 0.2) is 0 Å². The predicted octanol–water partition coefficient (Wildman–Crippen LogP) is 2.47. The van der Waals surface area contributed by atoms with Crippen molar-refractivity contribution >= 4 is 18.3 Å². The SMILES string of the molecule is CCC(C)N(Cc1ccccc1)C(=O)CNCCOC.Cl. The third-order valence-electron chi connectivity index (χ3n) is 3.40. The molecule has 0 bridgehead atoms. The van der Waals surface area contributed by atoms with E-state index in [1.807, 2.05) is 23.1 Å². The molecule has 0 fully saturated rings. The molecular weight excluding hydrogens is 288 g/mol. The number of nitrogens with one attached hydrogen (secondary N) is 1. The first kappa shape index (κ1) is 19.9. The van der Waals surface area contributed by atoms with E-state index in [4.69, 9.17) is 4.74 Å². The van der Waals surface area contributed by atoms with Crippen LogP contribution in [0.2, 0.25) is 0 Å². The molecule has 21 heavy (non-hydrogen) atoms. The number of hydrogen-bond donors (Lipinski definition) is 1. The maximum Gasteiger partial charge on any atom is 0.237 e. The summed E-state index contributed by atoms with van der Waals surface area (Å²) >= 11 is 0. The van der Waals surface area contributed by atoms with Crippen LogP contribution >= 0.6 is 12.4 Å². The largest absolute Gasteiger partial charge is 0.383 e. The third kappa shape index (κ3) is 7.46. The van der Waals surface area contributed by atoms with Crippen LogP contribution in [0.3, 0.4) is 0 Å². The van der Waals surface area contributed by atoms with Crippen LogP contribution in [0.4, 0.5) is 0 Å². The number of ether oxygens (including phenoxy) is 1. The van der Waals surface area contributed by atoms with Gasteiger partial charge < -0.3 is 15.0 Å². The summed E-state index contributed by atoms with van der Waals surface area (Å²) in [6.07, 6.45) is 0.955. The minimum atomic E-state index is 0. The Bertz CT molecular complexity index is 387. The summed E-state index contributed by atoms with van der Waals surface area (Å²) in [5.74, 6) is 0.138. The molecule has 0 aliphatic rings. The monoisotopic (exact) mass is 314 g/mol. The maximum absolute atomic E-state index is 12.3. The summed E-state index contributed by atoms with van der Waals surface area (Å²) in [6, 6.07) is 10.4. The number of methoxy groups -OCH3 is 1. The first-order valence-corrected chi connectivity index (χ1v) is 7.22. The molecular formula is C16H27ClN2O2. The van der Waals surface area contributed by atoms with Crippen molar-refractivity contribution in [3.63, 3.8) is 0 Å². The summed E-state index contributed by atoms with van der Waals surface area (Å²) in [6.45, 7) is 6.54. The van der Waals surface area contributed by atoms with Gasteiger partial charge in [-0.25, -0.2) is 0 Å². The lowest BCUT2D eigenvalue weighted by atomic mass is 10.1. The molecule has 1 N–H and O–H groups in total. The molecule has 1 aromatic carbocycles. The van der Waals surface area contributed by atoms with Crippen molar-refractivity contribution in [2.75, 3.05) is 26.8 Å². The van der Waals surface area contributed by atoms with Crippen molar-refractivity contribution in [3.05, 3.63) is 35.9 Å². The van der Waals surface area contributed by atoms with Crippen LogP contribution < -0.4 is 5.32 Å². The molecule has 0 spiro atoms. The average Bonchev–Trinajstić information content (AvgIpc) is 2.49. The fourth-order valence-corrected chi connectivity index (χ4v) is 1.96. The fourth-order valence-electron chi connectivity index (χ4n) is 1.96. The molecule has 0 aromatic heterocycles. The molecule has 120 valence electrons. The first-order chi connectivity index (χ1) is 9.69. The van der Waals surface area contributed by atoms with Gasteiger partial charge in [-0.2, -0.15) is 0 Å². The van der Waals surface area contributed by atoms with E-state index in [1.54, 1.807) is 7.11 Å². The van der Waals surface area contributed by atoms with Gasteiger partial charge in [0.05, 0.1) is 13.2 Å². The van der Waals surface area contributed by atoms with Gasteiger partial charge in [0.1, 0.15) is 0 Å². The van der Waals surface area contributed by atoms with Gasteiger partial charge in [-0.1, -0.05) is 37.3 Å². The molecule has 1 aromatic rings. The number of amides is 1. The Labute approximate surface area is 134 Å². The van der Waals surface area contributed by atoms with E-state index in [-0.39, 0.29) is 24.4 Å². The van der Waals surface area contributed by atoms with Crippen molar-refractivity contribution in [1.29, 1.82) is 0 Å². The van der Waals surface area contributed by atoms with Crippen molar-refractivity contribution in [2.45, 2.75) is 32.9 Å². The number of rotatable bonds is 9. The molecule has 0 saturated heterocycles. The van der Waals surface area contributed by atoms with Crippen molar-refractivity contribution in [1.82, 2.24) is 10.2 Å². The van der Waals surface area contributed by atoms with E-state index in [0.717, 1.165) is 12.0 Å². The normalized spacial score (nSPS) is 11.6. The second-order valence-electron chi connectivity index (χ2n) is 4.93. The summed E-state index contributed by atoms with van der Waals surface area (Å²) in [5.41, 5.74) is 1.16. The Hall–Kier alpha value is -1.10. The van der Waals surface area contributed by atoms with Gasteiger partial charge in [-0.3, -0.25) is 4.79 Å². The molecule has 1 atom stereocenters. The van der Waals surface area contributed by atoms with Crippen molar-refractivity contribution < 1.29 is 9.53 Å². The van der Waals surface area contributed by atoms with E-state index < -0.39 is 0 Å². The van der Waals surface area contributed by atoms with Gasteiger partial charge in [-0.15, -0.1) is 12.4 Å². The average molecular weight is 315 g/mol. The second-order valence-corrected chi connectivity index (χ2v) is 4.93. The van der Waals surface area contributed by atoms with E-state index in [1.165, 1.54) is 0 Å². The van der Waals surface area contributed by atoms with Crippen LogP contribution in [0.1, 0.15) is 25.8 Å². The Morgan fingerprint density at radius 1 is 1.33 bits per heavy atom. The number of nitrogens with zero attached hydrogens (tertiary/aromatic N) is 1. The van der Waals surface area contributed by atoms with E-state index >= 15 is 0 Å². The smallest absolute Gasteiger partial charge is 0.237 e. The number of halogens is 1. The van der Waals surface area contributed by atoms with Gasteiger partial charge in [0.2, 0.25) is 5.91 Å². The van der Waals surface area contributed by atoms with Gasteiger partial charge in [0.25, 0.3) is 0 Å². The van der Waals surface area contributed by atoms with Gasteiger partial charge in [0, 0.05) is 26.2 Å². The second kappa shape index (κ2) is 11.5. The molecule has 0 aliphatic carbocycles. The summed E-state index contributed by atoms with van der Waals surface area (Å²) < 4.78 is 4.96. The van der Waals surface area contributed by atoms with E-state index in [9.17, 15) is 4.79 Å². The van der Waals surface area contributed by atoms with E-state index in [2.05, 4.69) is 31.3 Å². The summed E-state index contributed by atoms with van der Waals surface area (Å²) in [5, 5.41) is 3.12. The third-order valence-corrected chi connectivity index (χ3v) is 3.40. The standard InChI is InChI=1S/C16H26N2O2.ClH/c1-4-14(2)18(13-15-8-6-5-7-9-15)16(19)12-17-10-11-20-3;/h5-9,14,17H,4,10-13H2,1-3H3;1H. The van der Waals surface area contributed by atoms with Crippen LogP contribution in [-0.4, -0.2) is 43.7 Å². The summed E-state index contributed by atoms with van der Waals surface area (Å²) in [7, 11) is 1.66. The van der Waals surface area contributed by atoms with Gasteiger partial charge >= 0.3 is 0 Å². The van der Waals surface area contributed by atoms with Crippen LogP contribution in [0.15, 0.2) is 30.3 Å². The Balaban J connectivity index is 0.00000400. The molecule has 1 unspecified atom stereocenters. The number of benzene rings is 1. The predicted molar refractivity (Wildman–Crippen MR) is 88.7 cm³/mol. The highest BCUT2D eigenvalue weighted by molar-refractivity contribution is 5.85. The number of carbonyl (C=O) groups is 1. The van der Waals surface area contributed by atoms with Crippen molar-refractivity contribution in [2.24, 2.45) is 0 Å². The molecule has 5 heteroatoms. The van der Waals surface area contributed by atoms with Crippen molar-refractivity contribution in [3.8, 4) is 0 Å². The van der Waals surface area contributed by atoms with Gasteiger partial charge in [-0.05, 0) is 18.9 Å². The molecule has 4 nitrogen and oxygen atoms in total. The minimum absolute atomic E-state index is 0. The lowest BCUT2D eigenvalue weighted by Crippen LogP contribution is -2.43. The molecule has 0 heterocycles. The topological polar surface area (TPSA) is 41.6 Å². The highest BCUT2D eigenvalue weighted by Gasteiger charge is 2.18. The lowest BCUT2D eigenvalue weighted by molar-refractivity contribution is -0.133. The maximum atomic E-state index is 12.3. The zero-order valence-electron chi connectivity index (χ0n) is 13.2. The Kier molecular flexibility index (Phi) is 10.9. The highest BCUT2D eigenvalue weighted by Crippen LogP contribution is 2.10. The zero-order chi connectivity index (χ0) is 14.8. The molecule has 1 rings (SSSR count). The summed E-state index contributed by atoms with van der Waals surface area (Å²) in [4.78, 5) is 14.3. The first-order valence-electron chi connectivity index (χ1n) is 7.22. The van der Waals surface area contributed by atoms with Crippen LogP contribution in [0, 0.1) is 0 Å². The van der Waals surface area contributed by atoms with Crippen LogP contribution in [0.25, 0.3) is 0 Å². The molecule has 0 aliphatic heterocycles. The molecule has 1 amide bonds. The Morgan fingerprint density at radius 3 is 2.57 bits per heavy atom. The lowest BCUT2D eigenvalue weighted by Gasteiger charge is -2.29. The highest BCUT2D eigenvalue weighted by atomic mass is 35.5. The van der Waals surface area contributed by atoms with E-state index in [0.29, 0.717) is 26.2 Å². The number of hydrogen-bond acceptors (Lipinski definition) is 3. The van der Waals surface area contributed by atoms with Crippen LogP contribution in [0.5, 0.6) is 0 Å². The van der Waals surface area contributed by atoms with Crippen LogP contribution in [-0.2, 0) is 16.1 Å². The fraction of sp³-hybridized carbons (Fsp3) is 0.562. The minimum Gasteiger partial charge on any atom is -0.383 e. The number of carbonyl (C=O) groups excluding carboxylic acids is 1. The zero-order valence-corrected chi connectivity index (χ0v) is 14.0.